The largest absolute Gasteiger partial charge is 0.353 e. The molecule has 1 heterocycles. The van der Waals surface area contributed by atoms with Crippen LogP contribution in [0.2, 0.25) is 0 Å². The van der Waals surface area contributed by atoms with Gasteiger partial charge in [-0.15, -0.1) is 0 Å². The van der Waals surface area contributed by atoms with Crippen LogP contribution >= 0.6 is 0 Å². The van der Waals surface area contributed by atoms with Gasteiger partial charge < -0.3 is 10.6 Å². The minimum Gasteiger partial charge on any atom is -0.353 e. The van der Waals surface area contributed by atoms with Crippen LogP contribution in [-0.4, -0.2) is 24.0 Å². The van der Waals surface area contributed by atoms with E-state index in [0.29, 0.717) is 11.6 Å². The Kier molecular flexibility index (Phi) is 5.26. The molecule has 2 rings (SSSR count). The smallest absolute Gasteiger partial charge is 0.223 e. The molecule has 0 aromatic carbocycles. The summed E-state index contributed by atoms with van der Waals surface area (Å²) in [7, 11) is 0. The van der Waals surface area contributed by atoms with Crippen molar-refractivity contribution < 1.29 is 4.79 Å². The van der Waals surface area contributed by atoms with Crippen LogP contribution in [0.4, 0.5) is 0 Å². The van der Waals surface area contributed by atoms with E-state index < -0.39 is 0 Å². The first kappa shape index (κ1) is 14.8. The summed E-state index contributed by atoms with van der Waals surface area (Å²) in [5.41, 5.74) is 0.336. The molecular weight excluding hydrogens is 236 g/mol. The summed E-state index contributed by atoms with van der Waals surface area (Å²) in [6.45, 7) is 5.28. The van der Waals surface area contributed by atoms with Gasteiger partial charge in [-0.25, -0.2) is 0 Å². The zero-order valence-electron chi connectivity index (χ0n) is 12.6. The molecule has 1 aliphatic heterocycles. The van der Waals surface area contributed by atoms with Crippen molar-refractivity contribution in [1.29, 1.82) is 0 Å². The van der Waals surface area contributed by atoms with Crippen molar-refractivity contribution in [1.82, 2.24) is 10.6 Å². The molecule has 110 valence electrons. The maximum absolute atomic E-state index is 12.2. The third kappa shape index (κ3) is 3.71. The molecule has 2 N–H and O–H groups in total. The molecule has 0 aromatic heterocycles. The standard InChI is InChI=1S/C16H30N2O/c1-3-13(4-2)15(19)18-14-8-11-17-16(12-14)9-6-5-7-10-16/h13-14,17H,3-12H2,1-2H3,(H,18,19). The number of carbonyl (C=O) groups excluding carboxylic acids is 1. The minimum absolute atomic E-state index is 0.206. The van der Waals surface area contributed by atoms with Crippen LogP contribution < -0.4 is 10.6 Å². The Hall–Kier alpha value is -0.570. The first-order chi connectivity index (χ1) is 9.19. The molecule has 0 bridgehead atoms. The number of hydrogen-bond acceptors (Lipinski definition) is 2. The van der Waals surface area contributed by atoms with E-state index in [1.807, 2.05) is 0 Å². The Morgan fingerprint density at radius 1 is 1.26 bits per heavy atom. The molecule has 3 nitrogen and oxygen atoms in total. The quantitative estimate of drug-likeness (QED) is 0.821. The van der Waals surface area contributed by atoms with Gasteiger partial charge in [-0.1, -0.05) is 33.1 Å². The van der Waals surface area contributed by atoms with Gasteiger partial charge in [0.15, 0.2) is 0 Å². The minimum atomic E-state index is 0.206. The van der Waals surface area contributed by atoms with E-state index in [4.69, 9.17) is 0 Å². The highest BCUT2D eigenvalue weighted by Crippen LogP contribution is 2.34. The van der Waals surface area contributed by atoms with Gasteiger partial charge >= 0.3 is 0 Å². The van der Waals surface area contributed by atoms with E-state index in [-0.39, 0.29) is 11.8 Å². The van der Waals surface area contributed by atoms with Crippen LogP contribution in [0.25, 0.3) is 0 Å². The number of hydrogen-bond donors (Lipinski definition) is 2. The highest BCUT2D eigenvalue weighted by Gasteiger charge is 2.37. The van der Waals surface area contributed by atoms with Crippen molar-refractivity contribution in [2.24, 2.45) is 5.92 Å². The number of rotatable bonds is 4. The van der Waals surface area contributed by atoms with E-state index >= 15 is 0 Å². The first-order valence-corrected chi connectivity index (χ1v) is 8.24. The lowest BCUT2D eigenvalue weighted by molar-refractivity contribution is -0.126. The summed E-state index contributed by atoms with van der Waals surface area (Å²) in [5, 5.41) is 7.06. The second-order valence-corrected chi connectivity index (χ2v) is 6.48. The molecule has 0 aromatic rings. The maximum Gasteiger partial charge on any atom is 0.223 e. The van der Waals surface area contributed by atoms with E-state index in [0.717, 1.165) is 32.2 Å². The van der Waals surface area contributed by atoms with Crippen molar-refractivity contribution in [3.8, 4) is 0 Å². The molecule has 0 radical (unpaired) electrons. The lowest BCUT2D eigenvalue weighted by Gasteiger charge is -2.45. The predicted molar refractivity (Wildman–Crippen MR) is 79.1 cm³/mol. The molecule has 19 heavy (non-hydrogen) atoms. The molecule has 1 saturated heterocycles. The molecule has 1 spiro atoms. The van der Waals surface area contributed by atoms with Crippen molar-refractivity contribution in [2.75, 3.05) is 6.54 Å². The number of piperidine rings is 1. The fourth-order valence-electron chi connectivity index (χ4n) is 3.87. The Morgan fingerprint density at radius 2 is 1.95 bits per heavy atom. The van der Waals surface area contributed by atoms with Crippen LogP contribution in [0.15, 0.2) is 0 Å². The van der Waals surface area contributed by atoms with E-state index in [1.54, 1.807) is 0 Å². The SMILES string of the molecule is CCC(CC)C(=O)NC1CCNC2(CCCCC2)C1. The number of nitrogens with one attached hydrogen (secondary N) is 2. The van der Waals surface area contributed by atoms with Gasteiger partial charge in [0.25, 0.3) is 0 Å². The van der Waals surface area contributed by atoms with Gasteiger partial charge in [0.05, 0.1) is 0 Å². The Morgan fingerprint density at radius 3 is 2.58 bits per heavy atom. The van der Waals surface area contributed by atoms with Gasteiger partial charge in [-0.2, -0.15) is 0 Å². The van der Waals surface area contributed by atoms with Crippen molar-refractivity contribution in [3.63, 3.8) is 0 Å². The molecule has 1 unspecified atom stereocenters. The van der Waals surface area contributed by atoms with E-state index in [9.17, 15) is 4.79 Å². The van der Waals surface area contributed by atoms with Gasteiger partial charge in [-0.3, -0.25) is 4.79 Å². The Bertz CT molecular complexity index is 288. The van der Waals surface area contributed by atoms with Gasteiger partial charge in [-0.05, 0) is 45.1 Å². The average molecular weight is 266 g/mol. The highest BCUT2D eigenvalue weighted by atomic mass is 16.1. The van der Waals surface area contributed by atoms with Crippen LogP contribution in [-0.2, 0) is 4.79 Å². The summed E-state index contributed by atoms with van der Waals surface area (Å²) in [6, 6.07) is 0.396. The molecule has 1 atom stereocenters. The lowest BCUT2D eigenvalue weighted by atomic mass is 9.75. The second kappa shape index (κ2) is 6.74. The molecule has 1 amide bonds. The van der Waals surface area contributed by atoms with Gasteiger partial charge in [0.2, 0.25) is 5.91 Å². The zero-order valence-corrected chi connectivity index (χ0v) is 12.6. The molecule has 2 aliphatic rings. The Labute approximate surface area is 117 Å². The van der Waals surface area contributed by atoms with Crippen molar-refractivity contribution in [3.05, 3.63) is 0 Å². The lowest BCUT2D eigenvalue weighted by Crippen LogP contribution is -2.57. The van der Waals surface area contributed by atoms with Crippen molar-refractivity contribution in [2.45, 2.75) is 83.2 Å². The highest BCUT2D eigenvalue weighted by molar-refractivity contribution is 5.78. The summed E-state index contributed by atoms with van der Waals surface area (Å²) in [6.07, 6.45) is 10.8. The van der Waals surface area contributed by atoms with Crippen LogP contribution in [0.1, 0.15) is 71.6 Å². The molecule has 3 heteroatoms. The van der Waals surface area contributed by atoms with E-state index in [1.165, 1.54) is 32.1 Å². The summed E-state index contributed by atoms with van der Waals surface area (Å²) >= 11 is 0. The van der Waals surface area contributed by atoms with Crippen LogP contribution in [0.5, 0.6) is 0 Å². The normalized spacial score (nSPS) is 26.6. The fourth-order valence-corrected chi connectivity index (χ4v) is 3.87. The molecule has 1 aliphatic carbocycles. The number of carbonyl (C=O) groups is 1. The predicted octanol–water partition coefficient (Wildman–Crippen LogP) is 2.99. The Balaban J connectivity index is 1.88. The van der Waals surface area contributed by atoms with Gasteiger partial charge in [0, 0.05) is 17.5 Å². The summed E-state index contributed by atoms with van der Waals surface area (Å²) in [5.74, 6) is 0.486. The average Bonchev–Trinajstić information content (AvgIpc) is 2.41. The van der Waals surface area contributed by atoms with Crippen LogP contribution in [0.3, 0.4) is 0 Å². The first-order valence-electron chi connectivity index (χ1n) is 8.24. The topological polar surface area (TPSA) is 41.1 Å². The number of amides is 1. The van der Waals surface area contributed by atoms with Crippen molar-refractivity contribution >= 4 is 5.91 Å². The summed E-state index contributed by atoms with van der Waals surface area (Å²) in [4.78, 5) is 12.2. The maximum atomic E-state index is 12.2. The van der Waals surface area contributed by atoms with E-state index in [2.05, 4.69) is 24.5 Å². The van der Waals surface area contributed by atoms with Gasteiger partial charge in [0.1, 0.15) is 0 Å². The third-order valence-electron chi connectivity index (χ3n) is 5.14. The molecule has 1 saturated carbocycles. The molecule has 2 fully saturated rings. The third-order valence-corrected chi connectivity index (χ3v) is 5.14. The summed E-state index contributed by atoms with van der Waals surface area (Å²) < 4.78 is 0. The molecular formula is C16H30N2O. The zero-order chi connectivity index (χ0) is 13.7. The van der Waals surface area contributed by atoms with Crippen LogP contribution in [0, 0.1) is 5.92 Å². The monoisotopic (exact) mass is 266 g/mol. The second-order valence-electron chi connectivity index (χ2n) is 6.48. The fraction of sp³-hybridized carbons (Fsp3) is 0.938.